The van der Waals surface area contributed by atoms with E-state index in [9.17, 15) is 0 Å². The lowest BCUT2D eigenvalue weighted by Gasteiger charge is -2.09. The maximum absolute atomic E-state index is 8.61. The predicted molar refractivity (Wildman–Crippen MR) is 54.5 cm³/mol. The monoisotopic (exact) mass is 177 g/mol. The normalized spacial score (nSPS) is 14.2. The van der Waals surface area contributed by atoms with Crippen LogP contribution in [0.2, 0.25) is 0 Å². The van der Waals surface area contributed by atoms with Gasteiger partial charge in [0.2, 0.25) is 0 Å². The molecule has 2 heteroatoms. The average molecular weight is 177 g/mol. The van der Waals surface area contributed by atoms with Crippen molar-refractivity contribution >= 4 is 5.71 Å². The van der Waals surface area contributed by atoms with Gasteiger partial charge < -0.3 is 5.21 Å². The molecule has 1 atom stereocenters. The van der Waals surface area contributed by atoms with Crippen molar-refractivity contribution in [2.45, 2.75) is 26.7 Å². The van der Waals surface area contributed by atoms with E-state index in [-0.39, 0.29) is 5.92 Å². The van der Waals surface area contributed by atoms with Crippen molar-refractivity contribution in [1.82, 2.24) is 0 Å². The summed E-state index contributed by atoms with van der Waals surface area (Å²) in [6.07, 6.45) is 0. The van der Waals surface area contributed by atoms with Crippen molar-refractivity contribution in [3.05, 3.63) is 35.4 Å². The summed E-state index contributed by atoms with van der Waals surface area (Å²) in [5.74, 6) is 0.186. The summed E-state index contributed by atoms with van der Waals surface area (Å²) in [4.78, 5) is 0. The van der Waals surface area contributed by atoms with E-state index in [0.717, 1.165) is 5.71 Å². The highest BCUT2D eigenvalue weighted by molar-refractivity contribution is 5.87. The van der Waals surface area contributed by atoms with Gasteiger partial charge in [-0.05, 0) is 19.4 Å². The number of hydrogen-bond donors (Lipinski definition) is 1. The zero-order valence-electron chi connectivity index (χ0n) is 8.28. The van der Waals surface area contributed by atoms with Crippen molar-refractivity contribution in [1.29, 1.82) is 0 Å². The van der Waals surface area contributed by atoms with Crippen LogP contribution in [0.4, 0.5) is 0 Å². The van der Waals surface area contributed by atoms with Crippen LogP contribution in [0.3, 0.4) is 0 Å². The molecule has 0 aliphatic rings. The predicted octanol–water partition coefficient (Wildman–Crippen LogP) is 2.95. The molecule has 0 spiro atoms. The summed E-state index contributed by atoms with van der Waals surface area (Å²) in [5.41, 5.74) is 3.17. The zero-order chi connectivity index (χ0) is 9.84. The van der Waals surface area contributed by atoms with E-state index in [4.69, 9.17) is 5.21 Å². The molecule has 1 aromatic rings. The van der Waals surface area contributed by atoms with Gasteiger partial charge in [-0.3, -0.25) is 0 Å². The summed E-state index contributed by atoms with van der Waals surface area (Å²) < 4.78 is 0. The summed E-state index contributed by atoms with van der Waals surface area (Å²) >= 11 is 0. The van der Waals surface area contributed by atoms with Gasteiger partial charge in [-0.15, -0.1) is 0 Å². The molecule has 1 rings (SSSR count). The molecule has 1 N–H and O–H groups in total. The number of nitrogens with zero attached hydrogens (tertiary/aromatic N) is 1. The molecule has 0 aliphatic heterocycles. The minimum absolute atomic E-state index is 0.186. The van der Waals surface area contributed by atoms with Crippen molar-refractivity contribution in [3.63, 3.8) is 0 Å². The topological polar surface area (TPSA) is 32.6 Å². The Morgan fingerprint density at radius 2 is 1.85 bits per heavy atom. The fraction of sp³-hybridized carbons (Fsp3) is 0.364. The van der Waals surface area contributed by atoms with Crippen LogP contribution in [0.15, 0.2) is 29.4 Å². The summed E-state index contributed by atoms with van der Waals surface area (Å²) in [6.45, 7) is 5.91. The minimum atomic E-state index is 0.186. The van der Waals surface area contributed by atoms with Gasteiger partial charge in [0.25, 0.3) is 0 Å². The van der Waals surface area contributed by atoms with E-state index in [1.807, 2.05) is 13.8 Å². The van der Waals surface area contributed by atoms with Crippen LogP contribution in [-0.4, -0.2) is 10.9 Å². The molecule has 0 saturated carbocycles. The van der Waals surface area contributed by atoms with Gasteiger partial charge in [-0.25, -0.2) is 0 Å². The summed E-state index contributed by atoms with van der Waals surface area (Å²) in [6, 6.07) is 8.26. The Kier molecular flexibility index (Phi) is 3.07. The van der Waals surface area contributed by atoms with Crippen LogP contribution in [-0.2, 0) is 0 Å². The average Bonchev–Trinajstić information content (AvgIpc) is 2.17. The highest BCUT2D eigenvalue weighted by Crippen LogP contribution is 2.17. The first-order chi connectivity index (χ1) is 6.15. The van der Waals surface area contributed by atoms with Crippen molar-refractivity contribution in [3.8, 4) is 0 Å². The third-order valence-electron chi connectivity index (χ3n) is 2.36. The molecular formula is C11H15NO. The van der Waals surface area contributed by atoms with E-state index < -0.39 is 0 Å². The number of rotatable bonds is 2. The number of benzene rings is 1. The molecule has 0 aliphatic carbocycles. The maximum Gasteiger partial charge on any atom is 0.0611 e. The molecule has 0 aromatic heterocycles. The first-order valence-corrected chi connectivity index (χ1v) is 4.40. The fourth-order valence-corrected chi connectivity index (χ4v) is 1.18. The zero-order valence-corrected chi connectivity index (χ0v) is 8.28. The lowest BCUT2D eigenvalue weighted by molar-refractivity contribution is 0.316. The quantitative estimate of drug-likeness (QED) is 0.420. The second kappa shape index (κ2) is 4.08. The smallest absolute Gasteiger partial charge is 0.0611 e. The molecule has 0 radical (unpaired) electrons. The Hall–Kier alpha value is -1.31. The van der Waals surface area contributed by atoms with Gasteiger partial charge in [0.1, 0.15) is 0 Å². The Labute approximate surface area is 78.9 Å². The molecule has 0 saturated heterocycles. The van der Waals surface area contributed by atoms with Crippen LogP contribution in [0.25, 0.3) is 0 Å². The van der Waals surface area contributed by atoms with Crippen molar-refractivity contribution in [2.75, 3.05) is 0 Å². The third kappa shape index (κ3) is 2.31. The minimum Gasteiger partial charge on any atom is -0.411 e. The van der Waals surface area contributed by atoms with Gasteiger partial charge in [-0.2, -0.15) is 0 Å². The van der Waals surface area contributed by atoms with Crippen LogP contribution in [0, 0.1) is 6.92 Å². The van der Waals surface area contributed by atoms with E-state index in [0.29, 0.717) is 0 Å². The van der Waals surface area contributed by atoms with Gasteiger partial charge in [0, 0.05) is 5.92 Å². The Balaban J connectivity index is 2.89. The molecule has 70 valence electrons. The second-order valence-corrected chi connectivity index (χ2v) is 3.37. The molecule has 2 nitrogen and oxygen atoms in total. The first-order valence-electron chi connectivity index (χ1n) is 4.40. The van der Waals surface area contributed by atoms with Crippen LogP contribution < -0.4 is 0 Å². The summed E-state index contributed by atoms with van der Waals surface area (Å²) in [7, 11) is 0. The number of oxime groups is 1. The van der Waals surface area contributed by atoms with E-state index in [2.05, 4.69) is 36.3 Å². The van der Waals surface area contributed by atoms with E-state index in [1.54, 1.807) is 0 Å². The largest absolute Gasteiger partial charge is 0.411 e. The van der Waals surface area contributed by atoms with Gasteiger partial charge in [0.15, 0.2) is 0 Å². The van der Waals surface area contributed by atoms with Gasteiger partial charge in [0.05, 0.1) is 5.71 Å². The summed E-state index contributed by atoms with van der Waals surface area (Å²) in [5, 5.41) is 11.8. The molecule has 1 unspecified atom stereocenters. The fourth-order valence-electron chi connectivity index (χ4n) is 1.18. The number of aryl methyl sites for hydroxylation is 1. The first kappa shape index (κ1) is 9.78. The second-order valence-electron chi connectivity index (χ2n) is 3.37. The Morgan fingerprint density at radius 1 is 1.31 bits per heavy atom. The lowest BCUT2D eigenvalue weighted by Crippen LogP contribution is -2.04. The van der Waals surface area contributed by atoms with Crippen LogP contribution in [0.1, 0.15) is 30.9 Å². The molecule has 1 aromatic carbocycles. The van der Waals surface area contributed by atoms with Crippen molar-refractivity contribution in [2.24, 2.45) is 5.16 Å². The molecule has 0 heterocycles. The molecule has 0 amide bonds. The number of hydrogen-bond acceptors (Lipinski definition) is 2. The van der Waals surface area contributed by atoms with E-state index in [1.165, 1.54) is 11.1 Å². The molecule has 0 fully saturated rings. The Morgan fingerprint density at radius 3 is 2.31 bits per heavy atom. The third-order valence-corrected chi connectivity index (χ3v) is 2.36. The van der Waals surface area contributed by atoms with Gasteiger partial charge >= 0.3 is 0 Å². The Bertz CT molecular complexity index is 300. The molecule has 13 heavy (non-hydrogen) atoms. The van der Waals surface area contributed by atoms with E-state index >= 15 is 0 Å². The SMILES string of the molecule is C/C(=N\O)C(C)c1ccc(C)cc1. The highest BCUT2D eigenvalue weighted by atomic mass is 16.4. The maximum atomic E-state index is 8.61. The van der Waals surface area contributed by atoms with Crippen LogP contribution in [0.5, 0.6) is 0 Å². The highest BCUT2D eigenvalue weighted by Gasteiger charge is 2.08. The molecular weight excluding hydrogens is 162 g/mol. The lowest BCUT2D eigenvalue weighted by atomic mass is 9.96. The van der Waals surface area contributed by atoms with Crippen molar-refractivity contribution < 1.29 is 5.21 Å². The standard InChI is InChI=1S/C11H15NO/c1-8-4-6-11(7-5-8)9(2)10(3)12-13/h4-7,9,13H,1-3H3/b12-10+. The van der Waals surface area contributed by atoms with Crippen LogP contribution >= 0.6 is 0 Å². The van der Waals surface area contributed by atoms with Gasteiger partial charge in [-0.1, -0.05) is 41.9 Å². The molecule has 0 bridgehead atoms.